The second-order valence-electron chi connectivity index (χ2n) is 5.03. The summed E-state index contributed by atoms with van der Waals surface area (Å²) in [5.41, 5.74) is 0. The first-order valence-electron chi connectivity index (χ1n) is 7.13. The highest BCUT2D eigenvalue weighted by atomic mass is 16.5. The largest absolute Gasteiger partial charge is 0.396 e. The van der Waals surface area contributed by atoms with Gasteiger partial charge in [0, 0.05) is 6.61 Å². The molecule has 0 aromatic carbocycles. The molecule has 2 nitrogen and oxygen atoms in total. The Labute approximate surface area is 100 Å². The third-order valence-corrected chi connectivity index (χ3v) is 3.50. The first-order chi connectivity index (χ1) is 7.86. The van der Waals surface area contributed by atoms with Gasteiger partial charge in [0.2, 0.25) is 0 Å². The van der Waals surface area contributed by atoms with Crippen LogP contribution in [-0.2, 0) is 4.74 Å². The van der Waals surface area contributed by atoms with E-state index in [0.29, 0.717) is 18.8 Å². The molecular weight excluding hydrogens is 200 g/mol. The molecule has 0 aromatic rings. The second kappa shape index (κ2) is 9.00. The maximum absolute atomic E-state index is 8.81. The maximum atomic E-state index is 8.81. The van der Waals surface area contributed by atoms with E-state index in [-0.39, 0.29) is 0 Å². The van der Waals surface area contributed by atoms with Gasteiger partial charge >= 0.3 is 0 Å². The molecule has 1 saturated heterocycles. The fourth-order valence-corrected chi connectivity index (χ4v) is 2.52. The van der Waals surface area contributed by atoms with Crippen LogP contribution in [0.4, 0.5) is 0 Å². The molecule has 1 fully saturated rings. The quantitative estimate of drug-likeness (QED) is 0.642. The highest BCUT2D eigenvalue weighted by Gasteiger charge is 2.21. The maximum Gasteiger partial charge on any atom is 0.0579 e. The Hall–Kier alpha value is -0.0800. The summed E-state index contributed by atoms with van der Waals surface area (Å²) in [5.74, 6) is 0. The number of aliphatic hydroxyl groups excluding tert-OH is 1. The van der Waals surface area contributed by atoms with Crippen molar-refractivity contribution >= 4 is 0 Å². The number of ether oxygens (including phenoxy) is 1. The number of rotatable bonds is 8. The Morgan fingerprint density at radius 1 is 1.00 bits per heavy atom. The van der Waals surface area contributed by atoms with Gasteiger partial charge in [-0.3, -0.25) is 0 Å². The molecule has 1 aliphatic heterocycles. The van der Waals surface area contributed by atoms with Crippen LogP contribution in [0.15, 0.2) is 0 Å². The van der Waals surface area contributed by atoms with E-state index in [9.17, 15) is 0 Å². The number of unbranched alkanes of at least 4 members (excludes halogenated alkanes) is 3. The zero-order valence-electron chi connectivity index (χ0n) is 10.8. The molecular formula is C14H28O2. The van der Waals surface area contributed by atoms with Crippen LogP contribution in [0.5, 0.6) is 0 Å². The van der Waals surface area contributed by atoms with E-state index in [1.165, 1.54) is 51.4 Å². The molecule has 0 amide bonds. The van der Waals surface area contributed by atoms with Crippen molar-refractivity contribution < 1.29 is 9.84 Å². The van der Waals surface area contributed by atoms with Gasteiger partial charge in [-0.05, 0) is 38.5 Å². The van der Waals surface area contributed by atoms with E-state index >= 15 is 0 Å². The van der Waals surface area contributed by atoms with Crippen LogP contribution in [0.25, 0.3) is 0 Å². The van der Waals surface area contributed by atoms with Crippen molar-refractivity contribution in [1.82, 2.24) is 0 Å². The average Bonchev–Trinajstić information content (AvgIpc) is 2.33. The Morgan fingerprint density at radius 3 is 2.31 bits per heavy atom. The van der Waals surface area contributed by atoms with E-state index in [0.717, 1.165) is 12.8 Å². The van der Waals surface area contributed by atoms with Crippen molar-refractivity contribution in [3.8, 4) is 0 Å². The van der Waals surface area contributed by atoms with Crippen LogP contribution in [0.3, 0.4) is 0 Å². The van der Waals surface area contributed by atoms with Gasteiger partial charge in [-0.25, -0.2) is 0 Å². The summed E-state index contributed by atoms with van der Waals surface area (Å²) in [6.45, 7) is 2.56. The standard InChI is InChI=1S/C14H28O2/c1-2-3-4-5-8-13-9-6-10-14(16-13)11-7-12-15/h13-15H,2-12H2,1H3/t13-,14-/m1/s1. The SMILES string of the molecule is CCCCCC[C@@H]1CCC[C@H](CCCO)O1. The summed E-state index contributed by atoms with van der Waals surface area (Å²) in [6, 6.07) is 0. The molecule has 0 saturated carbocycles. The number of hydrogen-bond donors (Lipinski definition) is 1. The zero-order chi connectivity index (χ0) is 11.6. The molecule has 0 spiro atoms. The van der Waals surface area contributed by atoms with Crippen molar-refractivity contribution in [1.29, 1.82) is 0 Å². The fraction of sp³-hybridized carbons (Fsp3) is 1.00. The average molecular weight is 228 g/mol. The molecule has 96 valence electrons. The molecule has 0 radical (unpaired) electrons. The molecule has 16 heavy (non-hydrogen) atoms. The molecule has 1 rings (SSSR count). The summed E-state index contributed by atoms with van der Waals surface area (Å²) in [7, 11) is 0. The van der Waals surface area contributed by atoms with E-state index in [2.05, 4.69) is 6.92 Å². The summed E-state index contributed by atoms with van der Waals surface area (Å²) in [5, 5.41) is 8.81. The van der Waals surface area contributed by atoms with Gasteiger partial charge in [0.05, 0.1) is 12.2 Å². The van der Waals surface area contributed by atoms with Gasteiger partial charge < -0.3 is 9.84 Å². The fourth-order valence-electron chi connectivity index (χ4n) is 2.52. The molecule has 2 heteroatoms. The molecule has 1 heterocycles. The second-order valence-corrected chi connectivity index (χ2v) is 5.03. The molecule has 0 bridgehead atoms. The van der Waals surface area contributed by atoms with Crippen molar-refractivity contribution in [2.45, 2.75) is 83.3 Å². The monoisotopic (exact) mass is 228 g/mol. The van der Waals surface area contributed by atoms with Gasteiger partial charge in [-0.1, -0.05) is 32.6 Å². The van der Waals surface area contributed by atoms with E-state index < -0.39 is 0 Å². The third-order valence-electron chi connectivity index (χ3n) is 3.50. The van der Waals surface area contributed by atoms with E-state index in [4.69, 9.17) is 9.84 Å². The van der Waals surface area contributed by atoms with Gasteiger partial charge in [-0.2, -0.15) is 0 Å². The minimum Gasteiger partial charge on any atom is -0.396 e. The minimum absolute atomic E-state index is 0.307. The molecule has 1 aliphatic rings. The molecule has 0 unspecified atom stereocenters. The Kier molecular flexibility index (Phi) is 7.87. The lowest BCUT2D eigenvalue weighted by Crippen LogP contribution is -2.27. The first kappa shape index (κ1) is 14.0. The van der Waals surface area contributed by atoms with Gasteiger partial charge in [0.25, 0.3) is 0 Å². The lowest BCUT2D eigenvalue weighted by Gasteiger charge is -2.30. The van der Waals surface area contributed by atoms with Crippen molar-refractivity contribution in [2.24, 2.45) is 0 Å². The smallest absolute Gasteiger partial charge is 0.0579 e. The summed E-state index contributed by atoms with van der Waals surface area (Å²) >= 11 is 0. The van der Waals surface area contributed by atoms with Crippen LogP contribution >= 0.6 is 0 Å². The van der Waals surface area contributed by atoms with Crippen LogP contribution < -0.4 is 0 Å². The minimum atomic E-state index is 0.307. The highest BCUT2D eigenvalue weighted by Crippen LogP contribution is 2.25. The van der Waals surface area contributed by atoms with Crippen LogP contribution in [0, 0.1) is 0 Å². The third kappa shape index (κ3) is 5.86. The normalized spacial score (nSPS) is 25.9. The van der Waals surface area contributed by atoms with E-state index in [1.807, 2.05) is 0 Å². The summed E-state index contributed by atoms with van der Waals surface area (Å²) in [4.78, 5) is 0. The molecule has 0 aromatic heterocycles. The first-order valence-corrected chi connectivity index (χ1v) is 7.13. The van der Waals surface area contributed by atoms with Crippen LogP contribution in [0.2, 0.25) is 0 Å². The Balaban J connectivity index is 2.07. The van der Waals surface area contributed by atoms with E-state index in [1.54, 1.807) is 0 Å². The molecule has 0 aliphatic carbocycles. The van der Waals surface area contributed by atoms with Gasteiger partial charge in [0.1, 0.15) is 0 Å². The molecule has 1 N–H and O–H groups in total. The van der Waals surface area contributed by atoms with Crippen molar-refractivity contribution in [2.75, 3.05) is 6.61 Å². The van der Waals surface area contributed by atoms with Crippen molar-refractivity contribution in [3.63, 3.8) is 0 Å². The number of aliphatic hydroxyl groups is 1. The number of hydrogen-bond acceptors (Lipinski definition) is 2. The molecule has 2 atom stereocenters. The van der Waals surface area contributed by atoms with Crippen LogP contribution in [0.1, 0.15) is 71.1 Å². The lowest BCUT2D eigenvalue weighted by atomic mass is 9.97. The van der Waals surface area contributed by atoms with Gasteiger partial charge in [0.15, 0.2) is 0 Å². The van der Waals surface area contributed by atoms with Gasteiger partial charge in [-0.15, -0.1) is 0 Å². The topological polar surface area (TPSA) is 29.5 Å². The zero-order valence-corrected chi connectivity index (χ0v) is 10.8. The predicted molar refractivity (Wildman–Crippen MR) is 67.6 cm³/mol. The summed E-state index contributed by atoms with van der Waals surface area (Å²) < 4.78 is 6.06. The summed E-state index contributed by atoms with van der Waals surface area (Å²) in [6.07, 6.45) is 13.2. The Bertz CT molecular complexity index is 159. The highest BCUT2D eigenvalue weighted by molar-refractivity contribution is 4.71. The van der Waals surface area contributed by atoms with Crippen LogP contribution in [-0.4, -0.2) is 23.9 Å². The van der Waals surface area contributed by atoms with Crippen molar-refractivity contribution in [3.05, 3.63) is 0 Å². The predicted octanol–water partition coefficient (Wildman–Crippen LogP) is 3.67. The Morgan fingerprint density at radius 2 is 1.69 bits per heavy atom. The lowest BCUT2D eigenvalue weighted by molar-refractivity contribution is -0.0589.